The lowest BCUT2D eigenvalue weighted by atomic mass is 10.4. The molecule has 0 unspecified atom stereocenters. The van der Waals surface area contributed by atoms with E-state index < -0.39 is 11.9 Å². The first-order valence-electron chi connectivity index (χ1n) is 6.24. The Balaban J connectivity index is 2.58. The van der Waals surface area contributed by atoms with Gasteiger partial charge in [0.05, 0.1) is 18.9 Å². The predicted molar refractivity (Wildman–Crippen MR) is 68.5 cm³/mol. The van der Waals surface area contributed by atoms with Gasteiger partial charge in [-0.05, 0) is 13.3 Å². The molecule has 1 aromatic heterocycles. The molecular weight excluding hydrogens is 250 g/mol. The van der Waals surface area contributed by atoms with Gasteiger partial charge in [-0.15, -0.1) is 0 Å². The number of anilines is 1. The number of hydrogen-bond acceptors (Lipinski definition) is 6. The highest BCUT2D eigenvalue weighted by Crippen LogP contribution is 2.10. The third-order valence-electron chi connectivity index (χ3n) is 2.31. The zero-order valence-corrected chi connectivity index (χ0v) is 11.2. The fourth-order valence-electron chi connectivity index (χ4n) is 1.38. The Morgan fingerprint density at radius 1 is 1.37 bits per heavy atom. The summed E-state index contributed by atoms with van der Waals surface area (Å²) in [5, 5.41) is 3.91. The van der Waals surface area contributed by atoms with Gasteiger partial charge in [0.25, 0.3) is 0 Å². The van der Waals surface area contributed by atoms with Crippen LogP contribution in [0.2, 0.25) is 0 Å². The third kappa shape index (κ3) is 4.61. The first-order chi connectivity index (χ1) is 9.08. The topological polar surface area (TPSA) is 96.4 Å². The van der Waals surface area contributed by atoms with Crippen LogP contribution < -0.4 is 5.73 Å². The van der Waals surface area contributed by atoms with Gasteiger partial charge in [0.2, 0.25) is 0 Å². The first-order valence-corrected chi connectivity index (χ1v) is 6.24. The number of nitrogens with two attached hydrogens (primary N) is 1. The lowest BCUT2D eigenvalue weighted by Gasteiger charge is -2.03. The maximum Gasteiger partial charge on any atom is 0.361 e. The number of nitrogen functional groups attached to an aromatic ring is 1. The summed E-state index contributed by atoms with van der Waals surface area (Å²) >= 11 is 0. The van der Waals surface area contributed by atoms with Gasteiger partial charge in [0, 0.05) is 6.20 Å². The van der Waals surface area contributed by atoms with E-state index in [-0.39, 0.29) is 24.5 Å². The molecular formula is C12H19N3O4. The molecule has 2 N–H and O–H groups in total. The van der Waals surface area contributed by atoms with Crippen molar-refractivity contribution in [2.75, 3.05) is 18.9 Å². The van der Waals surface area contributed by atoms with Crippen molar-refractivity contribution in [3.8, 4) is 0 Å². The van der Waals surface area contributed by atoms with Crippen molar-refractivity contribution in [3.05, 3.63) is 11.9 Å². The number of aromatic nitrogens is 2. The molecule has 0 atom stereocenters. The van der Waals surface area contributed by atoms with Gasteiger partial charge in [-0.1, -0.05) is 13.3 Å². The number of rotatable bonds is 7. The summed E-state index contributed by atoms with van der Waals surface area (Å²) in [7, 11) is 0. The summed E-state index contributed by atoms with van der Waals surface area (Å²) in [6, 6.07) is 0. The van der Waals surface area contributed by atoms with Crippen molar-refractivity contribution in [1.82, 2.24) is 9.78 Å². The van der Waals surface area contributed by atoms with E-state index in [2.05, 4.69) is 5.10 Å². The largest absolute Gasteiger partial charge is 0.464 e. The van der Waals surface area contributed by atoms with Crippen LogP contribution >= 0.6 is 0 Å². The molecule has 1 aromatic rings. The number of ether oxygens (including phenoxy) is 2. The minimum Gasteiger partial charge on any atom is -0.464 e. The second-order valence-electron chi connectivity index (χ2n) is 3.93. The first kappa shape index (κ1) is 15.0. The van der Waals surface area contributed by atoms with Crippen LogP contribution in [0.1, 0.15) is 37.2 Å². The van der Waals surface area contributed by atoms with Gasteiger partial charge in [-0.3, -0.25) is 9.48 Å². The van der Waals surface area contributed by atoms with E-state index in [9.17, 15) is 9.59 Å². The third-order valence-corrected chi connectivity index (χ3v) is 2.31. The molecule has 0 aliphatic rings. The summed E-state index contributed by atoms with van der Waals surface area (Å²) in [4.78, 5) is 22.9. The molecule has 0 saturated carbocycles. The zero-order chi connectivity index (χ0) is 14.3. The molecule has 0 radical (unpaired) electrons. The van der Waals surface area contributed by atoms with E-state index in [1.54, 1.807) is 6.92 Å². The molecule has 0 fully saturated rings. The highest BCUT2D eigenvalue weighted by atomic mass is 16.5. The summed E-state index contributed by atoms with van der Waals surface area (Å²) in [5.41, 5.74) is 5.83. The van der Waals surface area contributed by atoms with Crippen molar-refractivity contribution >= 4 is 17.6 Å². The molecule has 7 nitrogen and oxygen atoms in total. The second kappa shape index (κ2) is 7.40. The quantitative estimate of drug-likeness (QED) is 0.585. The number of carbonyl (C=O) groups excluding carboxylic acids is 2. The van der Waals surface area contributed by atoms with Gasteiger partial charge >= 0.3 is 11.9 Å². The number of nitrogens with zero attached hydrogens (tertiary/aromatic N) is 2. The molecule has 106 valence electrons. The molecule has 0 aromatic carbocycles. The molecule has 0 amide bonds. The molecule has 0 saturated heterocycles. The lowest BCUT2D eigenvalue weighted by Crippen LogP contribution is -2.15. The summed E-state index contributed by atoms with van der Waals surface area (Å²) < 4.78 is 11.1. The number of unbranched alkanes of at least 4 members (excludes halogenated alkanes) is 1. The average Bonchev–Trinajstić information content (AvgIpc) is 2.71. The summed E-state index contributed by atoms with van der Waals surface area (Å²) in [5.74, 6) is -1.01. The molecule has 0 aliphatic carbocycles. The fourth-order valence-corrected chi connectivity index (χ4v) is 1.38. The minimum atomic E-state index is -0.599. The fraction of sp³-hybridized carbons (Fsp3) is 0.583. The highest BCUT2D eigenvalue weighted by molar-refractivity contribution is 5.92. The van der Waals surface area contributed by atoms with Gasteiger partial charge in [-0.25, -0.2) is 4.79 Å². The Morgan fingerprint density at radius 2 is 2.11 bits per heavy atom. The Morgan fingerprint density at radius 3 is 2.74 bits per heavy atom. The minimum absolute atomic E-state index is 0.0169. The molecule has 1 heterocycles. The molecule has 19 heavy (non-hydrogen) atoms. The Kier molecular flexibility index (Phi) is 5.84. The standard InChI is InChI=1S/C12H19N3O4/c1-3-5-6-19-10(16)8-15-7-9(13)11(14-15)12(17)18-4-2/h7H,3-6,8,13H2,1-2H3. The van der Waals surface area contributed by atoms with Gasteiger partial charge in [0.1, 0.15) is 6.54 Å². The van der Waals surface area contributed by atoms with E-state index in [0.717, 1.165) is 12.8 Å². The Bertz CT molecular complexity index is 442. The highest BCUT2D eigenvalue weighted by Gasteiger charge is 2.17. The number of carbonyl (C=O) groups is 2. The number of hydrogen-bond donors (Lipinski definition) is 1. The maximum absolute atomic E-state index is 11.5. The van der Waals surface area contributed by atoms with Crippen LogP contribution in [0, 0.1) is 0 Å². The Labute approximate surface area is 111 Å². The van der Waals surface area contributed by atoms with Crippen molar-refractivity contribution in [3.63, 3.8) is 0 Å². The molecule has 1 rings (SSSR count). The van der Waals surface area contributed by atoms with Crippen LogP contribution in [0.3, 0.4) is 0 Å². The van der Waals surface area contributed by atoms with Crippen LogP contribution in [0.4, 0.5) is 5.69 Å². The maximum atomic E-state index is 11.5. The van der Waals surface area contributed by atoms with E-state index >= 15 is 0 Å². The van der Waals surface area contributed by atoms with Crippen LogP contribution in [-0.2, 0) is 20.8 Å². The molecule has 0 bridgehead atoms. The van der Waals surface area contributed by atoms with Crippen LogP contribution in [0.25, 0.3) is 0 Å². The Hall–Kier alpha value is -2.05. The van der Waals surface area contributed by atoms with Gasteiger partial charge in [-0.2, -0.15) is 5.10 Å². The second-order valence-corrected chi connectivity index (χ2v) is 3.93. The van der Waals surface area contributed by atoms with E-state index in [1.165, 1.54) is 10.9 Å². The zero-order valence-electron chi connectivity index (χ0n) is 11.2. The average molecular weight is 269 g/mol. The van der Waals surface area contributed by atoms with Crippen LogP contribution in [0.5, 0.6) is 0 Å². The molecule has 7 heteroatoms. The number of esters is 2. The van der Waals surface area contributed by atoms with Gasteiger partial charge in [0.15, 0.2) is 5.69 Å². The van der Waals surface area contributed by atoms with Crippen LogP contribution in [-0.4, -0.2) is 34.9 Å². The van der Waals surface area contributed by atoms with Crippen molar-refractivity contribution in [2.45, 2.75) is 33.2 Å². The van der Waals surface area contributed by atoms with Crippen LogP contribution in [0.15, 0.2) is 6.20 Å². The molecule has 0 aliphatic heterocycles. The summed E-state index contributed by atoms with van der Waals surface area (Å²) in [6.45, 7) is 4.25. The van der Waals surface area contributed by atoms with Crippen molar-refractivity contribution < 1.29 is 19.1 Å². The molecule has 0 spiro atoms. The SMILES string of the molecule is CCCCOC(=O)Cn1cc(N)c(C(=O)OCC)n1. The van der Waals surface area contributed by atoms with Crippen molar-refractivity contribution in [1.29, 1.82) is 0 Å². The van der Waals surface area contributed by atoms with E-state index in [1.807, 2.05) is 6.92 Å². The monoisotopic (exact) mass is 269 g/mol. The summed E-state index contributed by atoms with van der Waals surface area (Å²) in [6.07, 6.45) is 3.18. The van der Waals surface area contributed by atoms with E-state index in [4.69, 9.17) is 15.2 Å². The lowest BCUT2D eigenvalue weighted by molar-refractivity contribution is -0.144. The van der Waals surface area contributed by atoms with Gasteiger partial charge < -0.3 is 15.2 Å². The van der Waals surface area contributed by atoms with Crippen molar-refractivity contribution in [2.24, 2.45) is 0 Å². The normalized spacial score (nSPS) is 10.2. The predicted octanol–water partition coefficient (Wildman–Crippen LogP) is 0.985. The smallest absolute Gasteiger partial charge is 0.361 e. The van der Waals surface area contributed by atoms with E-state index in [0.29, 0.717) is 6.61 Å².